The first-order valence-corrected chi connectivity index (χ1v) is 11.7. The van der Waals surface area contributed by atoms with E-state index in [2.05, 4.69) is 33.4 Å². The molecule has 7 nitrogen and oxygen atoms in total. The van der Waals surface area contributed by atoms with Gasteiger partial charge in [0, 0.05) is 0 Å². The summed E-state index contributed by atoms with van der Waals surface area (Å²) >= 11 is 8.22. The topological polar surface area (TPSA) is 87.3 Å². The number of benzene rings is 2. The zero-order chi connectivity index (χ0) is 23.2. The second kappa shape index (κ2) is 14.5. The summed E-state index contributed by atoms with van der Waals surface area (Å²) in [7, 11) is 1.58. The molecule has 0 aliphatic rings. The zero-order valence-corrected chi connectivity index (χ0v) is 20.8. The molecule has 0 fully saturated rings. The number of nitrogens with one attached hydrogen (secondary N) is 1. The van der Waals surface area contributed by atoms with Crippen molar-refractivity contribution in [1.29, 1.82) is 0 Å². The lowest BCUT2D eigenvalue weighted by molar-refractivity contribution is 0.210. The van der Waals surface area contributed by atoms with Crippen LogP contribution in [0.3, 0.4) is 0 Å². The molecule has 2 aromatic rings. The number of ether oxygens (including phenoxy) is 4. The molecule has 0 unspecified atom stereocenters. The van der Waals surface area contributed by atoms with E-state index in [1.54, 1.807) is 19.4 Å². The minimum Gasteiger partial charge on any atom is -0.494 e. The van der Waals surface area contributed by atoms with Crippen molar-refractivity contribution in [2.24, 2.45) is 10.8 Å². The maximum Gasteiger partial charge on any atom is 0.184 e. The summed E-state index contributed by atoms with van der Waals surface area (Å²) in [5.41, 5.74) is 8.65. The lowest BCUT2D eigenvalue weighted by atomic mass is 10.2. The molecule has 0 bridgehead atoms. The lowest BCUT2D eigenvalue weighted by Gasteiger charge is -2.14. The predicted molar refractivity (Wildman–Crippen MR) is 135 cm³/mol. The standard InChI is InChI=1S/C23H30BrN3O4S/c1-3-4-5-6-11-29-18-7-9-19(10-8-18)30-12-13-31-22-20(24)14-17(15-21(22)28-2)16-26-27-23(25)32/h7-10,14-16H,3-6,11-13H2,1-2H3,(H3,25,27,32)/b26-16-. The number of nitrogens with zero attached hydrogens (tertiary/aromatic N) is 1. The average molecular weight is 524 g/mol. The molecule has 32 heavy (non-hydrogen) atoms. The van der Waals surface area contributed by atoms with Gasteiger partial charge in [-0.15, -0.1) is 0 Å². The van der Waals surface area contributed by atoms with E-state index in [0.29, 0.717) is 24.7 Å². The van der Waals surface area contributed by atoms with Crippen LogP contribution < -0.4 is 30.1 Å². The minimum absolute atomic E-state index is 0.0943. The number of unbranched alkanes of at least 4 members (excludes halogenated alkanes) is 3. The summed E-state index contributed by atoms with van der Waals surface area (Å²) in [6, 6.07) is 11.3. The number of thiocarbonyl (C=S) groups is 1. The summed E-state index contributed by atoms with van der Waals surface area (Å²) < 4.78 is 23.5. The first-order chi connectivity index (χ1) is 15.5. The molecule has 2 rings (SSSR count). The van der Waals surface area contributed by atoms with Gasteiger partial charge in [-0.05, 0) is 76.5 Å². The van der Waals surface area contributed by atoms with Crippen LogP contribution in [-0.4, -0.2) is 38.3 Å². The normalized spacial score (nSPS) is 10.7. The van der Waals surface area contributed by atoms with Gasteiger partial charge in [-0.3, -0.25) is 5.43 Å². The largest absolute Gasteiger partial charge is 0.494 e. The van der Waals surface area contributed by atoms with Gasteiger partial charge in [-0.2, -0.15) is 5.10 Å². The van der Waals surface area contributed by atoms with E-state index >= 15 is 0 Å². The molecule has 0 aromatic heterocycles. The van der Waals surface area contributed by atoms with E-state index in [9.17, 15) is 0 Å². The molecule has 0 aliphatic heterocycles. The smallest absolute Gasteiger partial charge is 0.184 e. The Morgan fingerprint density at radius 3 is 2.31 bits per heavy atom. The predicted octanol–water partition coefficient (Wildman–Crippen LogP) is 5.04. The number of hydrogen-bond acceptors (Lipinski definition) is 6. The van der Waals surface area contributed by atoms with E-state index in [-0.39, 0.29) is 5.11 Å². The van der Waals surface area contributed by atoms with Crippen LogP contribution in [-0.2, 0) is 0 Å². The molecule has 0 amide bonds. The van der Waals surface area contributed by atoms with Crippen LogP contribution in [0.2, 0.25) is 0 Å². The fraction of sp³-hybridized carbons (Fsp3) is 0.391. The molecular formula is C23H30BrN3O4S. The Hall–Kier alpha value is -2.52. The van der Waals surface area contributed by atoms with Gasteiger partial charge in [0.25, 0.3) is 0 Å². The molecule has 0 heterocycles. The van der Waals surface area contributed by atoms with Crippen molar-refractivity contribution in [3.05, 3.63) is 46.4 Å². The van der Waals surface area contributed by atoms with Crippen LogP contribution in [0.4, 0.5) is 0 Å². The highest BCUT2D eigenvalue weighted by atomic mass is 79.9. The highest BCUT2D eigenvalue weighted by molar-refractivity contribution is 9.10. The number of hydrazone groups is 1. The van der Waals surface area contributed by atoms with Crippen molar-refractivity contribution in [2.45, 2.75) is 32.6 Å². The van der Waals surface area contributed by atoms with E-state index in [1.165, 1.54) is 19.3 Å². The summed E-state index contributed by atoms with van der Waals surface area (Å²) in [6.45, 7) is 3.67. The molecule has 0 saturated heterocycles. The third-order valence-corrected chi connectivity index (χ3v) is 5.01. The maximum atomic E-state index is 5.86. The molecule has 0 aliphatic carbocycles. The van der Waals surface area contributed by atoms with Crippen LogP contribution in [0.1, 0.15) is 38.2 Å². The van der Waals surface area contributed by atoms with Crippen molar-refractivity contribution in [3.63, 3.8) is 0 Å². The Kier molecular flexibility index (Phi) is 11.7. The zero-order valence-electron chi connectivity index (χ0n) is 18.4. The van der Waals surface area contributed by atoms with Crippen molar-refractivity contribution >= 4 is 39.5 Å². The highest BCUT2D eigenvalue weighted by Gasteiger charge is 2.11. The fourth-order valence-corrected chi connectivity index (χ4v) is 3.41. The van der Waals surface area contributed by atoms with Gasteiger partial charge < -0.3 is 24.7 Å². The monoisotopic (exact) mass is 523 g/mol. The SMILES string of the molecule is CCCCCCOc1ccc(OCCOc2c(Br)cc(/C=N\NC(N)=S)cc2OC)cc1. The van der Waals surface area contributed by atoms with Crippen molar-refractivity contribution in [3.8, 4) is 23.0 Å². The van der Waals surface area contributed by atoms with Gasteiger partial charge in [0.1, 0.15) is 24.7 Å². The molecule has 9 heteroatoms. The van der Waals surface area contributed by atoms with Crippen LogP contribution >= 0.6 is 28.1 Å². The molecular weight excluding hydrogens is 494 g/mol. The molecule has 0 radical (unpaired) electrons. The van der Waals surface area contributed by atoms with E-state index in [1.807, 2.05) is 30.3 Å². The Balaban J connectivity index is 1.80. The van der Waals surface area contributed by atoms with Gasteiger partial charge in [-0.25, -0.2) is 0 Å². The molecule has 0 atom stereocenters. The number of nitrogens with two attached hydrogens (primary N) is 1. The van der Waals surface area contributed by atoms with Gasteiger partial charge in [0.05, 0.1) is 24.4 Å². The molecule has 174 valence electrons. The Bertz CT molecular complexity index is 878. The third-order valence-electron chi connectivity index (χ3n) is 4.33. The van der Waals surface area contributed by atoms with E-state index < -0.39 is 0 Å². The Morgan fingerprint density at radius 1 is 1.03 bits per heavy atom. The maximum absolute atomic E-state index is 5.86. The number of methoxy groups -OCH3 is 1. The van der Waals surface area contributed by atoms with Gasteiger partial charge >= 0.3 is 0 Å². The van der Waals surface area contributed by atoms with Gasteiger partial charge in [0.15, 0.2) is 16.6 Å². The van der Waals surface area contributed by atoms with Gasteiger partial charge in [0.2, 0.25) is 0 Å². The molecule has 2 aromatic carbocycles. The van der Waals surface area contributed by atoms with Crippen molar-refractivity contribution < 1.29 is 18.9 Å². The van der Waals surface area contributed by atoms with Crippen molar-refractivity contribution in [1.82, 2.24) is 5.43 Å². The number of halogens is 1. The minimum atomic E-state index is 0.0943. The van der Waals surface area contributed by atoms with E-state index in [4.69, 9.17) is 36.9 Å². The van der Waals surface area contributed by atoms with Crippen molar-refractivity contribution in [2.75, 3.05) is 26.9 Å². The van der Waals surface area contributed by atoms with Crippen LogP contribution in [0, 0.1) is 0 Å². The van der Waals surface area contributed by atoms with E-state index in [0.717, 1.165) is 34.6 Å². The molecule has 0 spiro atoms. The first kappa shape index (κ1) is 25.7. The summed E-state index contributed by atoms with van der Waals surface area (Å²) in [5, 5.41) is 4.04. The summed E-state index contributed by atoms with van der Waals surface area (Å²) in [6.07, 6.45) is 6.34. The summed E-state index contributed by atoms with van der Waals surface area (Å²) in [4.78, 5) is 0. The second-order valence-corrected chi connectivity index (χ2v) is 8.14. The van der Waals surface area contributed by atoms with Crippen LogP contribution in [0.5, 0.6) is 23.0 Å². The third kappa shape index (κ3) is 9.32. The van der Waals surface area contributed by atoms with Gasteiger partial charge in [-0.1, -0.05) is 26.2 Å². The number of rotatable bonds is 14. The highest BCUT2D eigenvalue weighted by Crippen LogP contribution is 2.36. The second-order valence-electron chi connectivity index (χ2n) is 6.85. The van der Waals surface area contributed by atoms with Crippen LogP contribution in [0.25, 0.3) is 0 Å². The van der Waals surface area contributed by atoms with Crippen LogP contribution in [0.15, 0.2) is 46.0 Å². The summed E-state index contributed by atoms with van der Waals surface area (Å²) in [5.74, 6) is 2.76. The first-order valence-electron chi connectivity index (χ1n) is 10.5. The lowest BCUT2D eigenvalue weighted by Crippen LogP contribution is -2.23. The molecule has 0 saturated carbocycles. The average Bonchev–Trinajstić information content (AvgIpc) is 2.78. The quantitative estimate of drug-likeness (QED) is 0.155. The molecule has 3 N–H and O–H groups in total. The number of hydrogen-bond donors (Lipinski definition) is 2. The Morgan fingerprint density at radius 2 is 1.69 bits per heavy atom. The Labute approximate surface area is 203 Å². The fourth-order valence-electron chi connectivity index (χ4n) is 2.78.